The first-order valence-electron chi connectivity index (χ1n) is 11.0. The third kappa shape index (κ3) is 4.70. The number of carbonyl (C=O) groups is 3. The van der Waals surface area contributed by atoms with Crippen LogP contribution >= 0.6 is 0 Å². The van der Waals surface area contributed by atoms with Crippen LogP contribution in [0.5, 0.6) is 0 Å². The number of fused-ring (bicyclic) bond motifs is 3. The first-order valence-corrected chi connectivity index (χ1v) is 11.0. The fourth-order valence-corrected chi connectivity index (χ4v) is 4.19. The summed E-state index contributed by atoms with van der Waals surface area (Å²) in [6, 6.07) is 15.1. The lowest BCUT2D eigenvalue weighted by Crippen LogP contribution is -2.48. The molecule has 1 unspecified atom stereocenters. The molecule has 170 valence electrons. The summed E-state index contributed by atoms with van der Waals surface area (Å²) in [7, 11) is 0. The lowest BCUT2D eigenvalue weighted by atomic mass is 9.98. The second-order valence-corrected chi connectivity index (χ2v) is 8.46. The Morgan fingerprint density at radius 1 is 1.09 bits per heavy atom. The molecule has 1 saturated carbocycles. The maximum atomic E-state index is 12.6. The number of carboxylic acid groups (broad SMARTS) is 1. The normalized spacial score (nSPS) is 15.8. The van der Waals surface area contributed by atoms with Crippen molar-refractivity contribution in [1.29, 1.82) is 0 Å². The van der Waals surface area contributed by atoms with E-state index in [0.29, 0.717) is 12.8 Å². The molecule has 2 aromatic carbocycles. The minimum Gasteiger partial charge on any atom is -0.481 e. The summed E-state index contributed by atoms with van der Waals surface area (Å²) in [4.78, 5) is 36.5. The van der Waals surface area contributed by atoms with Gasteiger partial charge in [0.1, 0.15) is 12.6 Å². The number of amides is 2. The van der Waals surface area contributed by atoms with E-state index >= 15 is 0 Å². The maximum absolute atomic E-state index is 12.6. The predicted molar refractivity (Wildman–Crippen MR) is 122 cm³/mol. The van der Waals surface area contributed by atoms with Gasteiger partial charge in [-0.25, -0.2) is 4.79 Å². The topological polar surface area (TPSA) is 105 Å². The van der Waals surface area contributed by atoms with E-state index in [2.05, 4.69) is 34.6 Å². The van der Waals surface area contributed by atoms with Crippen LogP contribution < -0.4 is 10.6 Å². The van der Waals surface area contributed by atoms with Crippen molar-refractivity contribution in [3.63, 3.8) is 0 Å². The molecule has 33 heavy (non-hydrogen) atoms. The Balaban J connectivity index is 1.38. The second-order valence-electron chi connectivity index (χ2n) is 8.46. The Labute approximate surface area is 192 Å². The molecule has 0 aliphatic heterocycles. The van der Waals surface area contributed by atoms with Gasteiger partial charge in [0.2, 0.25) is 5.91 Å². The summed E-state index contributed by atoms with van der Waals surface area (Å²) in [6.07, 6.45) is 0.449. The predicted octanol–water partition coefficient (Wildman–Crippen LogP) is 3.29. The monoisotopic (exact) mass is 446 g/mol. The van der Waals surface area contributed by atoms with Crippen LogP contribution in [0.2, 0.25) is 0 Å². The van der Waals surface area contributed by atoms with Crippen molar-refractivity contribution in [2.45, 2.75) is 38.1 Å². The SMILES string of the molecule is CC#CCC(NC(=O)OCC1c2ccccc2-c2ccccc21)C(=O)NCC1(C(=O)O)CC1. The van der Waals surface area contributed by atoms with Crippen molar-refractivity contribution in [2.24, 2.45) is 5.41 Å². The standard InChI is InChI=1S/C26H26N2O5/c1-2-3-12-22(23(29)27-16-26(13-14-26)24(30)31)28-25(32)33-15-21-19-10-6-4-8-17(19)18-9-5-7-11-20(18)21/h4-11,21-22H,12-16H2,1H3,(H,27,29)(H,28,32)(H,30,31). The smallest absolute Gasteiger partial charge is 0.407 e. The third-order valence-corrected chi connectivity index (χ3v) is 6.34. The summed E-state index contributed by atoms with van der Waals surface area (Å²) < 4.78 is 5.52. The van der Waals surface area contributed by atoms with Crippen LogP contribution in [0, 0.1) is 17.3 Å². The fourth-order valence-electron chi connectivity index (χ4n) is 4.19. The van der Waals surface area contributed by atoms with Gasteiger partial charge in [0.25, 0.3) is 0 Å². The molecule has 2 aromatic rings. The Kier molecular flexibility index (Phi) is 6.36. The zero-order chi connectivity index (χ0) is 23.4. The minimum atomic E-state index is -0.933. The van der Waals surface area contributed by atoms with E-state index in [-0.39, 0.29) is 25.5 Å². The Morgan fingerprint density at radius 2 is 1.70 bits per heavy atom. The van der Waals surface area contributed by atoms with E-state index in [9.17, 15) is 19.5 Å². The zero-order valence-electron chi connectivity index (χ0n) is 18.4. The van der Waals surface area contributed by atoms with Crippen LogP contribution in [0.15, 0.2) is 48.5 Å². The van der Waals surface area contributed by atoms with Gasteiger partial charge in [-0.05, 0) is 42.0 Å². The number of alkyl carbamates (subject to hydrolysis) is 1. The molecule has 7 nitrogen and oxygen atoms in total. The average Bonchev–Trinajstić information content (AvgIpc) is 3.56. The highest BCUT2D eigenvalue weighted by Gasteiger charge is 2.50. The van der Waals surface area contributed by atoms with Crippen molar-refractivity contribution < 1.29 is 24.2 Å². The number of ether oxygens (including phenoxy) is 1. The highest BCUT2D eigenvalue weighted by atomic mass is 16.5. The Morgan fingerprint density at radius 3 is 2.24 bits per heavy atom. The molecule has 0 bridgehead atoms. The van der Waals surface area contributed by atoms with E-state index < -0.39 is 29.4 Å². The summed E-state index contributed by atoms with van der Waals surface area (Å²) in [5.74, 6) is 4.03. The first kappa shape index (κ1) is 22.4. The van der Waals surface area contributed by atoms with Crippen LogP contribution in [-0.2, 0) is 14.3 Å². The van der Waals surface area contributed by atoms with Crippen molar-refractivity contribution in [3.05, 3.63) is 59.7 Å². The molecule has 1 fully saturated rings. The number of nitrogens with one attached hydrogen (secondary N) is 2. The second kappa shape index (κ2) is 9.37. The summed E-state index contributed by atoms with van der Waals surface area (Å²) in [5.41, 5.74) is 3.57. The van der Waals surface area contributed by atoms with Crippen LogP contribution in [0.3, 0.4) is 0 Å². The van der Waals surface area contributed by atoms with E-state index in [4.69, 9.17) is 4.74 Å². The van der Waals surface area contributed by atoms with Crippen LogP contribution in [0.25, 0.3) is 11.1 Å². The Hall–Kier alpha value is -3.79. The number of benzene rings is 2. The van der Waals surface area contributed by atoms with Crippen molar-refractivity contribution in [3.8, 4) is 23.0 Å². The van der Waals surface area contributed by atoms with Crippen LogP contribution in [-0.4, -0.2) is 42.3 Å². The van der Waals surface area contributed by atoms with E-state index in [0.717, 1.165) is 22.3 Å². The van der Waals surface area contributed by atoms with Crippen molar-refractivity contribution in [1.82, 2.24) is 10.6 Å². The molecule has 2 amide bonds. The quantitative estimate of drug-likeness (QED) is 0.540. The van der Waals surface area contributed by atoms with Gasteiger partial charge in [-0.2, -0.15) is 0 Å². The number of hydrogen-bond acceptors (Lipinski definition) is 4. The minimum absolute atomic E-state index is 0.0313. The summed E-state index contributed by atoms with van der Waals surface area (Å²) >= 11 is 0. The van der Waals surface area contributed by atoms with Gasteiger partial charge in [-0.15, -0.1) is 11.8 Å². The molecule has 2 aliphatic rings. The molecule has 0 spiro atoms. The fraction of sp³-hybridized carbons (Fsp3) is 0.346. The lowest BCUT2D eigenvalue weighted by Gasteiger charge is -2.19. The van der Waals surface area contributed by atoms with Gasteiger partial charge < -0.3 is 20.5 Å². The molecular formula is C26H26N2O5. The van der Waals surface area contributed by atoms with Gasteiger partial charge >= 0.3 is 12.1 Å². The van der Waals surface area contributed by atoms with Gasteiger partial charge in [0, 0.05) is 18.9 Å². The largest absolute Gasteiger partial charge is 0.481 e. The molecule has 2 aliphatic carbocycles. The van der Waals surface area contributed by atoms with Gasteiger partial charge in [-0.1, -0.05) is 48.5 Å². The number of rotatable bonds is 8. The summed E-state index contributed by atoms with van der Waals surface area (Å²) in [6.45, 7) is 1.81. The lowest BCUT2D eigenvalue weighted by molar-refractivity contribution is -0.143. The van der Waals surface area contributed by atoms with E-state index in [1.54, 1.807) is 6.92 Å². The third-order valence-electron chi connectivity index (χ3n) is 6.34. The molecule has 0 saturated heterocycles. The maximum Gasteiger partial charge on any atom is 0.407 e. The first-order chi connectivity index (χ1) is 15.9. The zero-order valence-corrected chi connectivity index (χ0v) is 18.4. The Bertz CT molecular complexity index is 1100. The van der Waals surface area contributed by atoms with E-state index in [1.807, 2.05) is 36.4 Å². The molecule has 0 radical (unpaired) electrons. The molecule has 3 N–H and O–H groups in total. The number of hydrogen-bond donors (Lipinski definition) is 3. The van der Waals surface area contributed by atoms with Gasteiger partial charge in [0.15, 0.2) is 0 Å². The highest BCUT2D eigenvalue weighted by Crippen LogP contribution is 2.45. The number of aliphatic carboxylic acids is 1. The average molecular weight is 447 g/mol. The molecule has 0 heterocycles. The van der Waals surface area contributed by atoms with Crippen molar-refractivity contribution in [2.75, 3.05) is 13.2 Å². The molecule has 0 aromatic heterocycles. The highest BCUT2D eigenvalue weighted by molar-refractivity contribution is 5.87. The van der Waals surface area contributed by atoms with Crippen LogP contribution in [0.4, 0.5) is 4.79 Å². The van der Waals surface area contributed by atoms with Gasteiger partial charge in [0.05, 0.1) is 5.41 Å². The molecule has 4 rings (SSSR count). The summed E-state index contributed by atoms with van der Waals surface area (Å²) in [5, 5.41) is 14.5. The molecular weight excluding hydrogens is 420 g/mol. The number of carbonyl (C=O) groups excluding carboxylic acids is 2. The van der Waals surface area contributed by atoms with Crippen molar-refractivity contribution >= 4 is 18.0 Å². The van der Waals surface area contributed by atoms with Crippen LogP contribution in [0.1, 0.15) is 43.2 Å². The van der Waals surface area contributed by atoms with Gasteiger partial charge in [-0.3, -0.25) is 9.59 Å². The van der Waals surface area contributed by atoms with E-state index in [1.165, 1.54) is 0 Å². The molecule has 7 heteroatoms. The number of carboxylic acids is 1. The molecule has 1 atom stereocenters.